The second kappa shape index (κ2) is 19.7. The minimum absolute atomic E-state index is 0.237. The zero-order valence-electron chi connectivity index (χ0n) is 24.3. The molecule has 0 aliphatic rings. The fraction of sp³-hybridized carbons (Fsp3) is 0.375. The van der Waals surface area contributed by atoms with Gasteiger partial charge >= 0.3 is 0 Å². The van der Waals surface area contributed by atoms with Gasteiger partial charge < -0.3 is 15.2 Å². The van der Waals surface area contributed by atoms with Crippen LogP contribution in [0.25, 0.3) is 0 Å². The van der Waals surface area contributed by atoms with Crippen LogP contribution in [0, 0.1) is 11.3 Å². The monoisotopic (exact) mass is 537 g/mol. The molecule has 0 radical (unpaired) electrons. The minimum Gasteiger partial charge on any atom is -0.488 e. The Kier molecular flexibility index (Phi) is 18.0. The molecule has 0 amide bonds. The highest BCUT2D eigenvalue weighted by Crippen LogP contribution is 2.34. The molecule has 206 valence electrons. The molecule has 0 aliphatic carbocycles. The van der Waals surface area contributed by atoms with E-state index in [9.17, 15) is 0 Å². The van der Waals surface area contributed by atoms with Crippen molar-refractivity contribution in [2.75, 3.05) is 6.61 Å². The summed E-state index contributed by atoms with van der Waals surface area (Å²) >= 11 is 6.48. The molecular weight excluding hydrogens is 494 g/mol. The predicted molar refractivity (Wildman–Crippen MR) is 162 cm³/mol. The van der Waals surface area contributed by atoms with E-state index >= 15 is 0 Å². The zero-order valence-corrected chi connectivity index (χ0v) is 25.1. The third-order valence-electron chi connectivity index (χ3n) is 5.53. The van der Waals surface area contributed by atoms with Gasteiger partial charge in [-0.05, 0) is 61.6 Å². The summed E-state index contributed by atoms with van der Waals surface area (Å²) in [7, 11) is 0. The van der Waals surface area contributed by atoms with Gasteiger partial charge in [0.15, 0.2) is 0 Å². The van der Waals surface area contributed by atoms with E-state index in [1.165, 1.54) is 17.3 Å². The Balaban J connectivity index is 0.00000326. The molecule has 1 aromatic heterocycles. The lowest BCUT2D eigenvalue weighted by Crippen LogP contribution is -2.07. The van der Waals surface area contributed by atoms with E-state index in [-0.39, 0.29) is 13.2 Å². The van der Waals surface area contributed by atoms with Gasteiger partial charge in [0.25, 0.3) is 0 Å². The van der Waals surface area contributed by atoms with Crippen molar-refractivity contribution in [3.05, 3.63) is 99.4 Å². The molecule has 6 heteroatoms. The second-order valence-electron chi connectivity index (χ2n) is 7.59. The van der Waals surface area contributed by atoms with Gasteiger partial charge in [-0.15, -0.1) is 0 Å². The minimum atomic E-state index is 0.237. The maximum absolute atomic E-state index is 9.07. The van der Waals surface area contributed by atoms with Crippen LogP contribution in [-0.2, 0) is 13.2 Å². The van der Waals surface area contributed by atoms with E-state index in [0.717, 1.165) is 28.7 Å². The van der Waals surface area contributed by atoms with E-state index in [2.05, 4.69) is 43.6 Å². The van der Waals surface area contributed by atoms with Crippen molar-refractivity contribution in [3.8, 4) is 17.6 Å². The Bertz CT molecular complexity index is 1160. The van der Waals surface area contributed by atoms with Crippen LogP contribution in [0.2, 0.25) is 5.02 Å². The maximum atomic E-state index is 9.07. The van der Waals surface area contributed by atoms with Crippen LogP contribution in [0.5, 0.6) is 11.5 Å². The van der Waals surface area contributed by atoms with Gasteiger partial charge in [0.2, 0.25) is 0 Å². The van der Waals surface area contributed by atoms with E-state index < -0.39 is 0 Å². The smallest absolute Gasteiger partial charge is 0.142 e. The highest BCUT2D eigenvalue weighted by Gasteiger charge is 2.13. The first-order valence-electron chi connectivity index (χ1n) is 13.2. The maximum Gasteiger partial charge on any atom is 0.142 e. The summed E-state index contributed by atoms with van der Waals surface area (Å²) < 4.78 is 12.1. The molecule has 0 aliphatic heterocycles. The summed E-state index contributed by atoms with van der Waals surface area (Å²) in [4.78, 5) is 4.07. The molecule has 0 fully saturated rings. The van der Waals surface area contributed by atoms with Crippen LogP contribution < -0.4 is 15.2 Å². The molecule has 38 heavy (non-hydrogen) atoms. The van der Waals surface area contributed by atoms with Crippen LogP contribution in [0.15, 0.2) is 77.7 Å². The van der Waals surface area contributed by atoms with Gasteiger partial charge in [-0.2, -0.15) is 5.26 Å². The number of nitrogens with two attached hydrogens (primary N) is 1. The number of nitriles is 1. The lowest BCUT2D eigenvalue weighted by atomic mass is 9.93. The number of hydrogen-bond donors (Lipinski definition) is 1. The number of allylic oxidation sites excluding steroid dienone is 5. The first-order valence-corrected chi connectivity index (χ1v) is 13.6. The van der Waals surface area contributed by atoms with E-state index in [4.69, 9.17) is 32.1 Å². The SMILES string of the molecule is C=C\C(COc1cc(OCc2cncc(C#N)c2)c(CN)cc1Cl)=C(C)/C(=C\C)C(=C/C)/CC.CC.CC. The van der Waals surface area contributed by atoms with Gasteiger partial charge in [0.05, 0.1) is 10.6 Å². The lowest BCUT2D eigenvalue weighted by molar-refractivity contribution is 0.297. The standard InChI is InChI=1S/C28H32ClN3O2.2C2H6/c1-6-22(7-2)25(9-4)19(5)23(8-3)18-34-28-12-27(24(14-31)11-26(28)29)33-17-21-10-20(13-30)15-32-16-21;2*1-2/h6,8-12,15-16H,3,7,14,17-18,31H2,1-2,4-5H3;2*1-2H3/b22-6+,23-19+,25-9+;;. The highest BCUT2D eigenvalue weighted by molar-refractivity contribution is 6.32. The quantitative estimate of drug-likeness (QED) is 0.289. The summed E-state index contributed by atoms with van der Waals surface area (Å²) in [5.74, 6) is 1.06. The molecule has 2 rings (SSSR count). The second-order valence-corrected chi connectivity index (χ2v) is 8.00. The third-order valence-corrected chi connectivity index (χ3v) is 5.83. The van der Waals surface area contributed by atoms with Crippen LogP contribution in [0.4, 0.5) is 0 Å². The number of hydrogen-bond acceptors (Lipinski definition) is 5. The van der Waals surface area contributed by atoms with Gasteiger partial charge in [-0.25, -0.2) is 0 Å². The van der Waals surface area contributed by atoms with Crippen molar-refractivity contribution >= 4 is 11.6 Å². The molecule has 0 saturated carbocycles. The number of aromatic nitrogens is 1. The third kappa shape index (κ3) is 10.2. The Hall–Kier alpha value is -3.33. The normalized spacial score (nSPS) is 11.6. The molecule has 1 aromatic carbocycles. The summed E-state index contributed by atoms with van der Waals surface area (Å²) in [5, 5.41) is 9.53. The Morgan fingerprint density at radius 2 is 1.76 bits per heavy atom. The van der Waals surface area contributed by atoms with Crippen molar-refractivity contribution in [2.24, 2.45) is 5.73 Å². The van der Waals surface area contributed by atoms with Crippen molar-refractivity contribution in [2.45, 2.75) is 75.0 Å². The summed E-state index contributed by atoms with van der Waals surface area (Å²) in [5.41, 5.74) is 12.5. The van der Waals surface area contributed by atoms with E-state index in [1.54, 1.807) is 24.4 Å². The Labute approximate surface area is 235 Å². The number of rotatable bonds is 11. The molecule has 0 bridgehead atoms. The van der Waals surface area contributed by atoms with Crippen molar-refractivity contribution < 1.29 is 9.47 Å². The zero-order chi connectivity index (χ0) is 29.1. The number of ether oxygens (including phenoxy) is 2. The average molecular weight is 538 g/mol. The first-order chi connectivity index (χ1) is 18.4. The molecular formula is C32H44ClN3O2. The van der Waals surface area contributed by atoms with Crippen molar-refractivity contribution in [1.29, 1.82) is 5.26 Å². The largest absolute Gasteiger partial charge is 0.488 e. The molecule has 0 spiro atoms. The molecule has 2 aromatic rings. The molecule has 0 atom stereocenters. The number of benzene rings is 1. The Morgan fingerprint density at radius 1 is 1.08 bits per heavy atom. The van der Waals surface area contributed by atoms with Crippen LogP contribution in [0.1, 0.15) is 78.5 Å². The number of halogens is 1. The summed E-state index contributed by atoms with van der Waals surface area (Å²) in [6.07, 6.45) is 10.2. The van der Waals surface area contributed by atoms with Gasteiger partial charge in [0.1, 0.15) is 30.8 Å². The fourth-order valence-electron chi connectivity index (χ4n) is 3.61. The van der Waals surface area contributed by atoms with Gasteiger partial charge in [-0.3, -0.25) is 4.98 Å². The number of pyridine rings is 1. The van der Waals surface area contributed by atoms with Gasteiger partial charge in [-0.1, -0.05) is 71.0 Å². The molecule has 0 saturated heterocycles. The molecule has 5 nitrogen and oxygen atoms in total. The van der Waals surface area contributed by atoms with E-state index in [0.29, 0.717) is 28.7 Å². The van der Waals surface area contributed by atoms with Crippen LogP contribution in [-0.4, -0.2) is 11.6 Å². The summed E-state index contributed by atoms with van der Waals surface area (Å²) in [6.45, 7) is 21.1. The molecule has 1 heterocycles. The fourth-order valence-corrected chi connectivity index (χ4v) is 3.85. The topological polar surface area (TPSA) is 81.2 Å². The van der Waals surface area contributed by atoms with Crippen molar-refractivity contribution in [1.82, 2.24) is 4.98 Å². The number of nitrogens with zero attached hydrogens (tertiary/aromatic N) is 2. The molecule has 2 N–H and O–H groups in total. The average Bonchev–Trinajstić information content (AvgIpc) is 2.97. The van der Waals surface area contributed by atoms with E-state index in [1.807, 2.05) is 47.6 Å². The van der Waals surface area contributed by atoms with Crippen molar-refractivity contribution in [3.63, 3.8) is 0 Å². The lowest BCUT2D eigenvalue weighted by Gasteiger charge is -2.17. The van der Waals surface area contributed by atoms with Gasteiger partial charge in [0, 0.05) is 36.1 Å². The molecule has 0 unspecified atom stereocenters. The van der Waals surface area contributed by atoms with Crippen LogP contribution >= 0.6 is 11.6 Å². The van der Waals surface area contributed by atoms with Crippen LogP contribution in [0.3, 0.4) is 0 Å². The first kappa shape index (κ1) is 34.7. The highest BCUT2D eigenvalue weighted by atomic mass is 35.5. The Morgan fingerprint density at radius 3 is 2.29 bits per heavy atom. The predicted octanol–water partition coefficient (Wildman–Crippen LogP) is 8.88. The summed E-state index contributed by atoms with van der Waals surface area (Å²) in [6, 6.07) is 7.32.